The first kappa shape index (κ1) is 25.4. The summed E-state index contributed by atoms with van der Waals surface area (Å²) in [6.45, 7) is 3.24. The molecule has 0 radical (unpaired) electrons. The monoisotopic (exact) mass is 491 g/mol. The lowest BCUT2D eigenvalue weighted by Crippen LogP contribution is -2.37. The molecule has 34 heavy (non-hydrogen) atoms. The summed E-state index contributed by atoms with van der Waals surface area (Å²) in [5, 5.41) is 14.1. The summed E-state index contributed by atoms with van der Waals surface area (Å²) in [4.78, 5) is 23.6. The first-order chi connectivity index (χ1) is 16.2. The molecule has 0 aromatic heterocycles. The Hall–Kier alpha value is -3.18. The molecule has 0 saturated carbocycles. The normalized spacial score (nSPS) is 15.0. The van der Waals surface area contributed by atoms with E-state index >= 15 is 0 Å². The zero-order chi connectivity index (χ0) is 24.9. The second-order valence-electron chi connectivity index (χ2n) is 8.21. The smallest absolute Gasteiger partial charge is 0.276 e. The van der Waals surface area contributed by atoms with Gasteiger partial charge in [-0.15, -0.1) is 0 Å². The lowest BCUT2D eigenvalue weighted by Gasteiger charge is -2.29. The van der Waals surface area contributed by atoms with Crippen LogP contribution in [0.25, 0.3) is 0 Å². The van der Waals surface area contributed by atoms with Gasteiger partial charge in [-0.1, -0.05) is 6.92 Å². The number of amides is 1. The fraction of sp³-hybridized carbons (Fsp3) is 0.435. The lowest BCUT2D eigenvalue weighted by molar-refractivity contribution is -0.385. The van der Waals surface area contributed by atoms with Gasteiger partial charge in [-0.2, -0.15) is 4.31 Å². The minimum atomic E-state index is -3.59. The minimum absolute atomic E-state index is 0.131. The molecule has 1 saturated heterocycles. The van der Waals surface area contributed by atoms with Gasteiger partial charge in [0.2, 0.25) is 10.0 Å². The van der Waals surface area contributed by atoms with Crippen LogP contribution in [0.15, 0.2) is 41.3 Å². The van der Waals surface area contributed by atoms with Crippen LogP contribution in [0.2, 0.25) is 0 Å². The second-order valence-corrected chi connectivity index (χ2v) is 10.1. The molecule has 2 aromatic carbocycles. The van der Waals surface area contributed by atoms with Crippen molar-refractivity contribution in [3.05, 3.63) is 57.6 Å². The second kappa shape index (κ2) is 10.8. The number of carbonyl (C=O) groups is 1. The van der Waals surface area contributed by atoms with E-state index < -0.39 is 20.9 Å². The van der Waals surface area contributed by atoms with Gasteiger partial charge in [-0.3, -0.25) is 14.9 Å². The van der Waals surface area contributed by atoms with E-state index in [4.69, 9.17) is 9.47 Å². The van der Waals surface area contributed by atoms with Crippen LogP contribution < -0.4 is 14.8 Å². The highest BCUT2D eigenvalue weighted by atomic mass is 32.2. The Bertz CT molecular complexity index is 1140. The van der Waals surface area contributed by atoms with Crippen molar-refractivity contribution in [2.75, 3.05) is 33.9 Å². The Morgan fingerprint density at radius 3 is 2.26 bits per heavy atom. The molecule has 0 bridgehead atoms. The number of nitrogens with one attached hydrogen (secondary N) is 1. The molecule has 1 heterocycles. The molecule has 1 amide bonds. The molecule has 1 aliphatic heterocycles. The van der Waals surface area contributed by atoms with Gasteiger partial charge in [0.15, 0.2) is 11.5 Å². The maximum atomic E-state index is 12.8. The summed E-state index contributed by atoms with van der Waals surface area (Å²) >= 11 is 0. The maximum absolute atomic E-state index is 12.8. The number of hydrogen-bond acceptors (Lipinski definition) is 7. The van der Waals surface area contributed by atoms with Crippen molar-refractivity contribution in [1.29, 1.82) is 0 Å². The molecule has 1 N–H and O–H groups in total. The van der Waals surface area contributed by atoms with E-state index in [1.165, 1.54) is 54.9 Å². The molecular weight excluding hydrogens is 462 g/mol. The number of nitro benzene ring substituents is 1. The van der Waals surface area contributed by atoms with Crippen LogP contribution in [-0.2, 0) is 16.4 Å². The lowest BCUT2D eigenvalue weighted by atomic mass is 10.0. The van der Waals surface area contributed by atoms with Gasteiger partial charge < -0.3 is 14.8 Å². The van der Waals surface area contributed by atoms with Gasteiger partial charge in [0.05, 0.1) is 30.1 Å². The van der Waals surface area contributed by atoms with Gasteiger partial charge in [-0.25, -0.2) is 8.42 Å². The predicted molar refractivity (Wildman–Crippen MR) is 126 cm³/mol. The van der Waals surface area contributed by atoms with Crippen molar-refractivity contribution in [1.82, 2.24) is 9.62 Å². The first-order valence-corrected chi connectivity index (χ1v) is 12.4. The van der Waals surface area contributed by atoms with E-state index in [0.29, 0.717) is 35.9 Å². The number of piperidine rings is 1. The molecular formula is C23H29N3O7S. The van der Waals surface area contributed by atoms with Gasteiger partial charge >= 0.3 is 0 Å². The molecule has 11 heteroatoms. The molecule has 3 rings (SSSR count). The van der Waals surface area contributed by atoms with Crippen LogP contribution >= 0.6 is 0 Å². The van der Waals surface area contributed by atoms with Gasteiger partial charge in [0.25, 0.3) is 11.6 Å². The zero-order valence-corrected chi connectivity index (χ0v) is 20.3. The Balaban J connectivity index is 1.64. The number of rotatable bonds is 9. The quantitative estimate of drug-likeness (QED) is 0.422. The number of nitro groups is 1. The molecule has 2 aromatic rings. The summed E-state index contributed by atoms with van der Waals surface area (Å²) in [5.41, 5.74) is 0.557. The highest BCUT2D eigenvalue weighted by Crippen LogP contribution is 2.34. The molecule has 0 aliphatic carbocycles. The van der Waals surface area contributed by atoms with Crippen molar-refractivity contribution in [3.63, 3.8) is 0 Å². The number of benzene rings is 2. The van der Waals surface area contributed by atoms with Gasteiger partial charge in [0.1, 0.15) is 0 Å². The van der Waals surface area contributed by atoms with Crippen LogP contribution in [0, 0.1) is 16.0 Å². The fourth-order valence-corrected chi connectivity index (χ4v) is 5.32. The van der Waals surface area contributed by atoms with Crippen LogP contribution in [0.1, 0.15) is 35.7 Å². The van der Waals surface area contributed by atoms with Crippen molar-refractivity contribution >= 4 is 21.6 Å². The molecule has 1 fully saturated rings. The molecule has 184 valence electrons. The molecule has 1 aliphatic rings. The van der Waals surface area contributed by atoms with Crippen molar-refractivity contribution in [3.8, 4) is 11.5 Å². The van der Waals surface area contributed by atoms with Crippen LogP contribution in [0.3, 0.4) is 0 Å². The summed E-state index contributed by atoms with van der Waals surface area (Å²) in [5.74, 6) is 0.710. The first-order valence-electron chi connectivity index (χ1n) is 10.9. The van der Waals surface area contributed by atoms with Gasteiger partial charge in [0, 0.05) is 30.8 Å². The fourth-order valence-electron chi connectivity index (χ4n) is 3.85. The average Bonchev–Trinajstić information content (AvgIpc) is 2.83. The Morgan fingerprint density at radius 1 is 1.12 bits per heavy atom. The van der Waals surface area contributed by atoms with Crippen LogP contribution in [0.5, 0.6) is 11.5 Å². The predicted octanol–water partition coefficient (Wildman–Crippen LogP) is 3.01. The zero-order valence-electron chi connectivity index (χ0n) is 19.4. The van der Waals surface area contributed by atoms with Gasteiger partial charge in [-0.05, 0) is 55.5 Å². The number of methoxy groups -OCH3 is 2. The van der Waals surface area contributed by atoms with Crippen LogP contribution in [-0.4, -0.2) is 57.4 Å². The van der Waals surface area contributed by atoms with Crippen LogP contribution in [0.4, 0.5) is 5.69 Å². The molecule has 0 unspecified atom stereocenters. The molecule has 0 spiro atoms. The SMILES string of the molecule is COc1cc(CCNC(=O)c2ccc(S(=O)(=O)N3CCC(C)CC3)cc2)c([N+](=O)[O-])cc1OC. The Morgan fingerprint density at radius 2 is 1.71 bits per heavy atom. The summed E-state index contributed by atoms with van der Waals surface area (Å²) in [6, 6.07) is 8.60. The number of hydrogen-bond donors (Lipinski definition) is 1. The largest absolute Gasteiger partial charge is 0.493 e. The highest BCUT2D eigenvalue weighted by Gasteiger charge is 2.28. The van der Waals surface area contributed by atoms with Crippen molar-refractivity contribution in [2.45, 2.75) is 31.1 Å². The highest BCUT2D eigenvalue weighted by molar-refractivity contribution is 7.89. The standard InChI is InChI=1S/C23H29N3O7S/c1-16-9-12-25(13-10-16)34(30,31)19-6-4-17(5-7-19)23(27)24-11-8-18-14-21(32-2)22(33-3)15-20(18)26(28)29/h4-7,14-16H,8-13H2,1-3H3,(H,24,27). The van der Waals surface area contributed by atoms with E-state index in [0.717, 1.165) is 12.8 Å². The number of ether oxygens (including phenoxy) is 2. The van der Waals surface area contributed by atoms with Crippen molar-refractivity contribution < 1.29 is 27.6 Å². The summed E-state index contributed by atoms with van der Waals surface area (Å²) < 4.78 is 37.5. The number of sulfonamides is 1. The number of nitrogens with zero attached hydrogens (tertiary/aromatic N) is 2. The molecule has 0 atom stereocenters. The van der Waals surface area contributed by atoms with Crippen molar-refractivity contribution in [2.24, 2.45) is 5.92 Å². The maximum Gasteiger partial charge on any atom is 0.276 e. The van der Waals surface area contributed by atoms with E-state index in [9.17, 15) is 23.3 Å². The third-order valence-electron chi connectivity index (χ3n) is 5.96. The summed E-state index contributed by atoms with van der Waals surface area (Å²) in [6.07, 6.45) is 1.86. The topological polar surface area (TPSA) is 128 Å². The van der Waals surface area contributed by atoms with E-state index in [1.54, 1.807) is 0 Å². The number of carbonyl (C=O) groups excluding carboxylic acids is 1. The minimum Gasteiger partial charge on any atom is -0.493 e. The third kappa shape index (κ3) is 5.65. The Kier molecular flexibility index (Phi) is 8.11. The Labute approximate surface area is 199 Å². The van der Waals surface area contributed by atoms with E-state index in [1.807, 2.05) is 0 Å². The average molecular weight is 492 g/mol. The van der Waals surface area contributed by atoms with E-state index in [2.05, 4.69) is 12.2 Å². The van der Waals surface area contributed by atoms with E-state index in [-0.39, 0.29) is 29.3 Å². The third-order valence-corrected chi connectivity index (χ3v) is 7.87. The molecule has 10 nitrogen and oxygen atoms in total. The summed E-state index contributed by atoms with van der Waals surface area (Å²) in [7, 11) is -0.761.